The molecule has 0 unspecified atom stereocenters. The Hall–Kier alpha value is -1.85. The highest BCUT2D eigenvalue weighted by molar-refractivity contribution is 7.98. The topological polar surface area (TPSA) is 38.8 Å². The molecular weight excluding hydrogens is 334 g/mol. The van der Waals surface area contributed by atoms with Gasteiger partial charge in [-0.25, -0.2) is 0 Å². The first-order chi connectivity index (χ1) is 11.1. The summed E-state index contributed by atoms with van der Waals surface area (Å²) in [6.45, 7) is 0.358. The van der Waals surface area contributed by atoms with Crippen molar-refractivity contribution in [3.8, 4) is 11.5 Å². The summed E-state index contributed by atoms with van der Waals surface area (Å²) >= 11 is 7.76. The van der Waals surface area contributed by atoms with Crippen LogP contribution in [0.3, 0.4) is 0 Å². The molecule has 0 N–H and O–H groups in total. The first kappa shape index (κ1) is 16.0. The van der Waals surface area contributed by atoms with Crippen molar-refractivity contribution < 1.29 is 14.3 Å². The van der Waals surface area contributed by atoms with Gasteiger partial charge in [0.1, 0.15) is 0 Å². The number of methoxy groups -OCH3 is 1. The van der Waals surface area contributed by atoms with Crippen molar-refractivity contribution >= 4 is 35.0 Å². The minimum absolute atomic E-state index is 0.0340. The van der Waals surface area contributed by atoms with Crippen LogP contribution in [-0.2, 0) is 11.3 Å². The number of ether oxygens (including phenoxy) is 2. The predicted octanol–water partition coefficient (Wildman–Crippen LogP) is 4.00. The van der Waals surface area contributed by atoms with Crippen molar-refractivity contribution in [2.75, 3.05) is 24.9 Å². The summed E-state index contributed by atoms with van der Waals surface area (Å²) in [6, 6.07) is 11.3. The van der Waals surface area contributed by atoms with Gasteiger partial charge in [0.25, 0.3) is 5.91 Å². The summed E-state index contributed by atoms with van der Waals surface area (Å²) in [6.07, 6.45) is 1.99. The molecule has 4 nitrogen and oxygen atoms in total. The lowest BCUT2D eigenvalue weighted by Gasteiger charge is -2.22. The minimum Gasteiger partial charge on any atom is -0.493 e. The number of benzene rings is 2. The van der Waals surface area contributed by atoms with E-state index in [1.165, 1.54) is 0 Å². The van der Waals surface area contributed by atoms with Crippen molar-refractivity contribution in [3.63, 3.8) is 0 Å². The lowest BCUT2D eigenvalue weighted by molar-refractivity contribution is -0.120. The van der Waals surface area contributed by atoms with Gasteiger partial charge in [0.2, 0.25) is 0 Å². The molecule has 1 aliphatic heterocycles. The van der Waals surface area contributed by atoms with Crippen LogP contribution in [0.15, 0.2) is 41.3 Å². The normalized spacial score (nSPS) is 14.0. The van der Waals surface area contributed by atoms with Gasteiger partial charge in [-0.15, -0.1) is 11.8 Å². The molecule has 1 aliphatic rings. The summed E-state index contributed by atoms with van der Waals surface area (Å²) in [5, 5.41) is 0.552. The van der Waals surface area contributed by atoms with E-state index < -0.39 is 0 Å². The number of para-hydroxylation sites is 1. The second-order valence-electron chi connectivity index (χ2n) is 5.04. The molecule has 2 aromatic rings. The van der Waals surface area contributed by atoms with E-state index in [1.54, 1.807) is 29.8 Å². The molecule has 1 amide bonds. The van der Waals surface area contributed by atoms with E-state index in [9.17, 15) is 4.79 Å². The average molecular weight is 350 g/mol. The average Bonchev–Trinajstić information content (AvgIpc) is 2.73. The Labute approximate surface area is 144 Å². The van der Waals surface area contributed by atoms with Gasteiger partial charge in [-0.2, -0.15) is 0 Å². The zero-order valence-electron chi connectivity index (χ0n) is 12.8. The van der Waals surface area contributed by atoms with E-state index in [2.05, 4.69) is 0 Å². The zero-order valence-corrected chi connectivity index (χ0v) is 14.4. The molecule has 23 heavy (non-hydrogen) atoms. The van der Waals surface area contributed by atoms with Gasteiger partial charge in [0, 0.05) is 21.5 Å². The van der Waals surface area contributed by atoms with Crippen LogP contribution >= 0.6 is 23.4 Å². The molecule has 3 rings (SSSR count). The highest BCUT2D eigenvalue weighted by Crippen LogP contribution is 2.39. The van der Waals surface area contributed by atoms with Gasteiger partial charge in [-0.1, -0.05) is 23.7 Å². The van der Waals surface area contributed by atoms with Crippen LogP contribution in [-0.4, -0.2) is 25.9 Å². The van der Waals surface area contributed by atoms with Gasteiger partial charge >= 0.3 is 0 Å². The quantitative estimate of drug-likeness (QED) is 0.785. The molecule has 0 saturated heterocycles. The number of anilines is 1. The molecule has 0 fully saturated rings. The van der Waals surface area contributed by atoms with Gasteiger partial charge < -0.3 is 14.4 Å². The maximum absolute atomic E-state index is 12.6. The minimum atomic E-state index is -0.0964. The maximum atomic E-state index is 12.6. The molecule has 0 radical (unpaired) electrons. The molecular formula is C17H16ClNO3S. The molecule has 2 aromatic carbocycles. The van der Waals surface area contributed by atoms with Crippen LogP contribution in [0.5, 0.6) is 11.5 Å². The lowest BCUT2D eigenvalue weighted by Crippen LogP contribution is -2.32. The SMILES string of the molecule is COc1cc(Cl)cc2c1OCC(=O)N(c1ccccc1SC)C2. The maximum Gasteiger partial charge on any atom is 0.265 e. The molecule has 0 aliphatic carbocycles. The molecule has 0 aromatic heterocycles. The third-order valence-corrected chi connectivity index (χ3v) is 4.67. The molecule has 0 bridgehead atoms. The van der Waals surface area contributed by atoms with E-state index >= 15 is 0 Å². The van der Waals surface area contributed by atoms with Crippen LogP contribution in [0.4, 0.5) is 5.69 Å². The second kappa shape index (κ2) is 6.72. The number of amides is 1. The third kappa shape index (κ3) is 3.12. The number of carbonyl (C=O) groups is 1. The molecule has 0 saturated carbocycles. The molecule has 1 heterocycles. The van der Waals surface area contributed by atoms with Crippen molar-refractivity contribution in [3.05, 3.63) is 47.0 Å². The fourth-order valence-electron chi connectivity index (χ4n) is 2.60. The van der Waals surface area contributed by atoms with E-state index in [-0.39, 0.29) is 12.5 Å². The largest absolute Gasteiger partial charge is 0.493 e. The number of hydrogen-bond acceptors (Lipinski definition) is 4. The van der Waals surface area contributed by atoms with Gasteiger partial charge in [0.05, 0.1) is 19.3 Å². The fraction of sp³-hybridized carbons (Fsp3) is 0.235. The Morgan fingerprint density at radius 2 is 2.09 bits per heavy atom. The highest BCUT2D eigenvalue weighted by atomic mass is 35.5. The van der Waals surface area contributed by atoms with Crippen LogP contribution in [0.25, 0.3) is 0 Å². The van der Waals surface area contributed by atoms with E-state index in [0.717, 1.165) is 16.1 Å². The van der Waals surface area contributed by atoms with Crippen molar-refractivity contribution in [1.29, 1.82) is 0 Å². The standard InChI is InChI=1S/C17H16ClNO3S/c1-21-14-8-12(18)7-11-9-19(16(20)10-22-17(11)14)13-5-3-4-6-15(13)23-2/h3-8H,9-10H2,1-2H3. The number of fused-ring (bicyclic) bond motifs is 1. The molecule has 6 heteroatoms. The first-order valence-corrected chi connectivity index (χ1v) is 8.67. The monoisotopic (exact) mass is 349 g/mol. The first-order valence-electron chi connectivity index (χ1n) is 7.06. The number of nitrogens with zero attached hydrogens (tertiary/aromatic N) is 1. The van der Waals surface area contributed by atoms with Crippen LogP contribution in [0.2, 0.25) is 5.02 Å². The second-order valence-corrected chi connectivity index (χ2v) is 6.32. The van der Waals surface area contributed by atoms with Crippen LogP contribution in [0.1, 0.15) is 5.56 Å². The highest BCUT2D eigenvalue weighted by Gasteiger charge is 2.26. The van der Waals surface area contributed by atoms with E-state index in [4.69, 9.17) is 21.1 Å². The number of halogens is 1. The Kier molecular flexibility index (Phi) is 4.68. The Bertz CT molecular complexity index is 751. The van der Waals surface area contributed by atoms with Crippen molar-refractivity contribution in [1.82, 2.24) is 0 Å². The molecule has 120 valence electrons. The number of thioether (sulfide) groups is 1. The molecule has 0 spiro atoms. The van der Waals surface area contributed by atoms with Gasteiger partial charge in [0.15, 0.2) is 18.1 Å². The summed E-state index contributed by atoms with van der Waals surface area (Å²) < 4.78 is 11.0. The summed E-state index contributed by atoms with van der Waals surface area (Å²) in [4.78, 5) is 15.3. The van der Waals surface area contributed by atoms with Gasteiger partial charge in [-0.3, -0.25) is 4.79 Å². The third-order valence-electron chi connectivity index (χ3n) is 3.66. The van der Waals surface area contributed by atoms with Crippen molar-refractivity contribution in [2.24, 2.45) is 0 Å². The summed E-state index contributed by atoms with van der Waals surface area (Å²) in [7, 11) is 1.56. The van der Waals surface area contributed by atoms with Gasteiger partial charge in [-0.05, 0) is 24.5 Å². The summed E-state index contributed by atoms with van der Waals surface area (Å²) in [5.74, 6) is 1.02. The Morgan fingerprint density at radius 3 is 2.83 bits per heavy atom. The van der Waals surface area contributed by atoms with Crippen LogP contribution in [0, 0.1) is 0 Å². The smallest absolute Gasteiger partial charge is 0.265 e. The van der Waals surface area contributed by atoms with Crippen LogP contribution < -0.4 is 14.4 Å². The Morgan fingerprint density at radius 1 is 1.30 bits per heavy atom. The molecule has 0 atom stereocenters. The number of hydrogen-bond donors (Lipinski definition) is 0. The zero-order chi connectivity index (χ0) is 16.4. The number of carbonyl (C=O) groups excluding carboxylic acids is 1. The lowest BCUT2D eigenvalue weighted by atomic mass is 10.1. The van der Waals surface area contributed by atoms with E-state index in [1.807, 2.05) is 36.6 Å². The number of rotatable bonds is 3. The fourth-order valence-corrected chi connectivity index (χ4v) is 3.43. The predicted molar refractivity (Wildman–Crippen MR) is 92.9 cm³/mol. The van der Waals surface area contributed by atoms with Crippen molar-refractivity contribution in [2.45, 2.75) is 11.4 Å². The Balaban J connectivity index is 2.07. The summed E-state index contributed by atoms with van der Waals surface area (Å²) in [5.41, 5.74) is 1.71. The van der Waals surface area contributed by atoms with E-state index in [0.29, 0.717) is 23.1 Å².